The molecule has 1 aliphatic rings. The fraction of sp³-hybridized carbons (Fsp3) is 0.533. The van der Waals surface area contributed by atoms with Crippen molar-refractivity contribution in [3.05, 3.63) is 23.8 Å². The largest absolute Gasteiger partial charge is 0.497 e. The zero-order valence-corrected chi connectivity index (χ0v) is 13.9. The topological polar surface area (TPSA) is 75.7 Å². The number of likely N-dealkylation sites (tertiary alicyclic amines) is 1. The average molecular weight is 326 g/mol. The van der Waals surface area contributed by atoms with Crippen LogP contribution in [0.3, 0.4) is 0 Å². The molecule has 0 spiro atoms. The highest BCUT2D eigenvalue weighted by Gasteiger charge is 2.26. The number of benzene rings is 1. The van der Waals surface area contributed by atoms with Gasteiger partial charge in [-0.2, -0.15) is 0 Å². The SMILES string of the molecule is COc1ccc(S(=O)(=O)NCC2CCN(C(C)=O)C2)c(C)c1. The molecule has 1 N–H and O–H groups in total. The summed E-state index contributed by atoms with van der Waals surface area (Å²) in [6, 6.07) is 4.88. The van der Waals surface area contributed by atoms with Gasteiger partial charge in [0.1, 0.15) is 5.75 Å². The highest BCUT2D eigenvalue weighted by molar-refractivity contribution is 7.89. The molecule has 1 heterocycles. The van der Waals surface area contributed by atoms with Crippen LogP contribution in [0.4, 0.5) is 0 Å². The van der Waals surface area contributed by atoms with Gasteiger partial charge in [-0.15, -0.1) is 0 Å². The van der Waals surface area contributed by atoms with Crippen molar-refractivity contribution in [2.75, 3.05) is 26.7 Å². The number of ether oxygens (including phenoxy) is 1. The normalized spacial score (nSPS) is 18.5. The summed E-state index contributed by atoms with van der Waals surface area (Å²) in [7, 11) is -2.01. The molecule has 1 saturated heterocycles. The van der Waals surface area contributed by atoms with E-state index >= 15 is 0 Å². The number of sulfonamides is 1. The van der Waals surface area contributed by atoms with E-state index in [2.05, 4.69) is 4.72 Å². The molecular weight excluding hydrogens is 304 g/mol. The van der Waals surface area contributed by atoms with Crippen LogP contribution in [0, 0.1) is 12.8 Å². The molecule has 22 heavy (non-hydrogen) atoms. The lowest BCUT2D eigenvalue weighted by Crippen LogP contribution is -2.32. The molecule has 1 fully saturated rings. The Morgan fingerprint density at radius 2 is 2.18 bits per heavy atom. The van der Waals surface area contributed by atoms with Gasteiger partial charge in [-0.3, -0.25) is 4.79 Å². The first-order valence-electron chi connectivity index (χ1n) is 7.23. The smallest absolute Gasteiger partial charge is 0.240 e. The molecular formula is C15H22N2O4S. The van der Waals surface area contributed by atoms with Crippen molar-refractivity contribution in [2.45, 2.75) is 25.2 Å². The van der Waals surface area contributed by atoms with Gasteiger partial charge in [-0.05, 0) is 43.0 Å². The molecule has 1 unspecified atom stereocenters. The lowest BCUT2D eigenvalue weighted by Gasteiger charge is -2.15. The summed E-state index contributed by atoms with van der Waals surface area (Å²) >= 11 is 0. The Kier molecular flexibility index (Phi) is 5.08. The number of nitrogens with one attached hydrogen (secondary N) is 1. The maximum Gasteiger partial charge on any atom is 0.240 e. The molecule has 0 aliphatic carbocycles. The van der Waals surface area contributed by atoms with Gasteiger partial charge in [0.05, 0.1) is 12.0 Å². The summed E-state index contributed by atoms with van der Waals surface area (Å²) in [4.78, 5) is 13.3. The summed E-state index contributed by atoms with van der Waals surface area (Å²) in [6.45, 7) is 4.93. The molecule has 1 aromatic rings. The molecule has 0 aromatic heterocycles. The number of rotatable bonds is 5. The molecule has 1 aliphatic heterocycles. The summed E-state index contributed by atoms with van der Waals surface area (Å²) in [6.07, 6.45) is 0.823. The average Bonchev–Trinajstić information content (AvgIpc) is 2.94. The third kappa shape index (κ3) is 3.78. The van der Waals surface area contributed by atoms with Crippen molar-refractivity contribution in [1.29, 1.82) is 0 Å². The summed E-state index contributed by atoms with van der Waals surface area (Å²) in [5.74, 6) is 0.831. The van der Waals surface area contributed by atoms with Crippen molar-refractivity contribution < 1.29 is 17.9 Å². The number of methoxy groups -OCH3 is 1. The second kappa shape index (κ2) is 6.66. The Bertz CT molecular complexity index is 658. The molecule has 2 rings (SSSR count). The number of hydrogen-bond acceptors (Lipinski definition) is 4. The van der Waals surface area contributed by atoms with Gasteiger partial charge in [0.15, 0.2) is 0 Å². The number of aryl methyl sites for hydroxylation is 1. The quantitative estimate of drug-likeness (QED) is 0.881. The highest BCUT2D eigenvalue weighted by Crippen LogP contribution is 2.22. The van der Waals surface area contributed by atoms with Crippen LogP contribution in [0.5, 0.6) is 5.75 Å². The minimum absolute atomic E-state index is 0.0383. The van der Waals surface area contributed by atoms with Crippen LogP contribution >= 0.6 is 0 Å². The first kappa shape index (κ1) is 16.8. The molecule has 1 amide bonds. The zero-order valence-electron chi connectivity index (χ0n) is 13.1. The number of amides is 1. The number of carbonyl (C=O) groups excluding carboxylic acids is 1. The Hall–Kier alpha value is -1.60. The molecule has 0 radical (unpaired) electrons. The Labute approximate surface area is 131 Å². The first-order valence-corrected chi connectivity index (χ1v) is 8.71. The minimum atomic E-state index is -3.55. The van der Waals surface area contributed by atoms with Gasteiger partial charge in [0.2, 0.25) is 15.9 Å². The van der Waals surface area contributed by atoms with E-state index in [-0.39, 0.29) is 16.7 Å². The van der Waals surface area contributed by atoms with Gasteiger partial charge in [-0.1, -0.05) is 0 Å². The number of carbonyl (C=O) groups is 1. The lowest BCUT2D eigenvalue weighted by molar-refractivity contribution is -0.127. The second-order valence-electron chi connectivity index (χ2n) is 5.60. The highest BCUT2D eigenvalue weighted by atomic mass is 32.2. The Balaban J connectivity index is 2.01. The van der Waals surface area contributed by atoms with Crippen molar-refractivity contribution in [1.82, 2.24) is 9.62 Å². The standard InChI is InChI=1S/C15H22N2O4S/c1-11-8-14(21-3)4-5-15(11)22(19,20)16-9-13-6-7-17(10-13)12(2)18/h4-5,8,13,16H,6-7,9-10H2,1-3H3. The lowest BCUT2D eigenvalue weighted by atomic mass is 10.1. The van der Waals surface area contributed by atoms with E-state index in [0.717, 1.165) is 6.42 Å². The minimum Gasteiger partial charge on any atom is -0.497 e. The molecule has 0 saturated carbocycles. The van der Waals surface area contributed by atoms with Crippen molar-refractivity contribution in [3.8, 4) is 5.75 Å². The van der Waals surface area contributed by atoms with E-state index in [4.69, 9.17) is 4.74 Å². The summed E-state index contributed by atoms with van der Waals surface area (Å²) < 4.78 is 32.5. The fourth-order valence-corrected chi connectivity index (χ4v) is 3.98. The Morgan fingerprint density at radius 3 is 2.73 bits per heavy atom. The third-order valence-electron chi connectivity index (χ3n) is 3.96. The fourth-order valence-electron chi connectivity index (χ4n) is 2.64. The zero-order chi connectivity index (χ0) is 16.3. The molecule has 1 aromatic carbocycles. The second-order valence-corrected chi connectivity index (χ2v) is 7.34. The monoisotopic (exact) mass is 326 g/mol. The maximum absolute atomic E-state index is 12.4. The van der Waals surface area contributed by atoms with Crippen molar-refractivity contribution in [2.24, 2.45) is 5.92 Å². The molecule has 6 nitrogen and oxygen atoms in total. The van der Waals surface area contributed by atoms with E-state index < -0.39 is 10.0 Å². The first-order chi connectivity index (χ1) is 10.3. The van der Waals surface area contributed by atoms with E-state index in [0.29, 0.717) is 30.9 Å². The predicted octanol–water partition coefficient (Wildman–Crippen LogP) is 1.15. The van der Waals surface area contributed by atoms with Crippen molar-refractivity contribution in [3.63, 3.8) is 0 Å². The van der Waals surface area contributed by atoms with Gasteiger partial charge >= 0.3 is 0 Å². The number of hydrogen-bond donors (Lipinski definition) is 1. The van der Waals surface area contributed by atoms with Crippen molar-refractivity contribution >= 4 is 15.9 Å². The van der Waals surface area contributed by atoms with Gasteiger partial charge < -0.3 is 9.64 Å². The Morgan fingerprint density at radius 1 is 1.45 bits per heavy atom. The third-order valence-corrected chi connectivity index (χ3v) is 5.55. The molecule has 122 valence electrons. The van der Waals surface area contributed by atoms with E-state index in [9.17, 15) is 13.2 Å². The van der Waals surface area contributed by atoms with E-state index in [1.165, 1.54) is 6.92 Å². The van der Waals surface area contributed by atoms with E-state index in [1.807, 2.05) is 0 Å². The van der Waals surface area contributed by atoms with Crippen LogP contribution in [0.15, 0.2) is 23.1 Å². The number of nitrogens with zero attached hydrogens (tertiary/aromatic N) is 1. The molecule has 7 heteroatoms. The van der Waals surface area contributed by atoms with E-state index in [1.54, 1.807) is 37.1 Å². The van der Waals surface area contributed by atoms with Crippen LogP contribution in [-0.2, 0) is 14.8 Å². The van der Waals surface area contributed by atoms with Crippen LogP contribution in [0.25, 0.3) is 0 Å². The molecule has 1 atom stereocenters. The van der Waals surface area contributed by atoms with Crippen LogP contribution < -0.4 is 9.46 Å². The maximum atomic E-state index is 12.4. The van der Waals surface area contributed by atoms with Gasteiger partial charge in [0, 0.05) is 26.6 Å². The van der Waals surface area contributed by atoms with Gasteiger partial charge in [-0.25, -0.2) is 13.1 Å². The summed E-state index contributed by atoms with van der Waals surface area (Å²) in [5.41, 5.74) is 0.642. The van der Waals surface area contributed by atoms with Crippen LogP contribution in [-0.4, -0.2) is 46.0 Å². The summed E-state index contributed by atoms with van der Waals surface area (Å²) in [5, 5.41) is 0. The van der Waals surface area contributed by atoms with Gasteiger partial charge in [0.25, 0.3) is 0 Å². The molecule has 0 bridgehead atoms. The predicted molar refractivity (Wildman–Crippen MR) is 83.3 cm³/mol. The van der Waals surface area contributed by atoms with Crippen LogP contribution in [0.2, 0.25) is 0 Å². The van der Waals surface area contributed by atoms with Crippen LogP contribution in [0.1, 0.15) is 18.9 Å².